The number of benzene rings is 1. The first-order chi connectivity index (χ1) is 10.2. The molecule has 112 valence electrons. The number of Topliss-reactive ketones (excluding diaryl/α,β-unsaturated/α-hetero) is 1. The van der Waals surface area contributed by atoms with Crippen molar-refractivity contribution in [3.05, 3.63) is 29.6 Å². The number of ketones is 1. The van der Waals surface area contributed by atoms with Crippen molar-refractivity contribution in [2.45, 2.75) is 33.4 Å². The summed E-state index contributed by atoms with van der Waals surface area (Å²) in [6.45, 7) is 4.54. The molecule has 1 aromatic carbocycles. The van der Waals surface area contributed by atoms with Gasteiger partial charge in [0.05, 0.1) is 7.11 Å². The third-order valence-electron chi connectivity index (χ3n) is 2.97. The second kappa shape index (κ2) is 6.83. The first kappa shape index (κ1) is 15.0. The van der Waals surface area contributed by atoms with Gasteiger partial charge in [-0.05, 0) is 42.0 Å². The van der Waals surface area contributed by atoms with Crippen LogP contribution < -0.4 is 9.47 Å². The van der Waals surface area contributed by atoms with Crippen LogP contribution in [0.1, 0.15) is 36.5 Å². The maximum Gasteiger partial charge on any atom is 0.189 e. The molecule has 0 bridgehead atoms. The molecule has 7 nitrogen and oxygen atoms in total. The first-order valence-corrected chi connectivity index (χ1v) is 6.72. The molecule has 0 atom stereocenters. The third-order valence-corrected chi connectivity index (χ3v) is 2.97. The molecule has 0 aliphatic carbocycles. The van der Waals surface area contributed by atoms with Gasteiger partial charge in [-0.25, -0.2) is 4.68 Å². The van der Waals surface area contributed by atoms with E-state index in [4.69, 9.17) is 9.47 Å². The van der Waals surface area contributed by atoms with Crippen molar-refractivity contribution < 1.29 is 14.3 Å². The maximum absolute atomic E-state index is 11.4. The van der Waals surface area contributed by atoms with Crippen molar-refractivity contribution in [3.8, 4) is 11.5 Å². The van der Waals surface area contributed by atoms with Crippen molar-refractivity contribution in [3.63, 3.8) is 0 Å². The SMILES string of the molecule is CCCn1nnnc1COc1ccc(C(C)=O)cc1OC. The fraction of sp³-hybridized carbons (Fsp3) is 0.429. The van der Waals surface area contributed by atoms with E-state index < -0.39 is 0 Å². The van der Waals surface area contributed by atoms with Gasteiger partial charge >= 0.3 is 0 Å². The standard InChI is InChI=1S/C14H18N4O3/c1-4-7-18-14(15-16-17-18)9-21-12-6-5-11(10(2)19)8-13(12)20-3/h5-6,8H,4,7,9H2,1-3H3. The van der Waals surface area contributed by atoms with Gasteiger partial charge in [-0.15, -0.1) is 5.10 Å². The van der Waals surface area contributed by atoms with E-state index in [0.29, 0.717) is 22.9 Å². The van der Waals surface area contributed by atoms with Gasteiger partial charge in [-0.2, -0.15) is 0 Å². The summed E-state index contributed by atoms with van der Waals surface area (Å²) in [5.74, 6) is 1.69. The van der Waals surface area contributed by atoms with Gasteiger partial charge in [0.1, 0.15) is 6.61 Å². The average Bonchev–Trinajstić information content (AvgIpc) is 2.92. The molecule has 0 aliphatic heterocycles. The van der Waals surface area contributed by atoms with Crippen molar-refractivity contribution in [1.29, 1.82) is 0 Å². The number of hydrogen-bond acceptors (Lipinski definition) is 6. The summed E-state index contributed by atoms with van der Waals surface area (Å²) in [6, 6.07) is 5.07. The number of carbonyl (C=O) groups excluding carboxylic acids is 1. The van der Waals surface area contributed by atoms with Gasteiger partial charge in [-0.1, -0.05) is 6.92 Å². The number of carbonyl (C=O) groups is 1. The highest BCUT2D eigenvalue weighted by atomic mass is 16.5. The second-order valence-corrected chi connectivity index (χ2v) is 4.53. The van der Waals surface area contributed by atoms with E-state index in [9.17, 15) is 4.79 Å². The molecule has 2 rings (SSSR count). The summed E-state index contributed by atoms with van der Waals surface area (Å²) in [6.07, 6.45) is 0.939. The molecule has 0 N–H and O–H groups in total. The Labute approximate surface area is 122 Å². The van der Waals surface area contributed by atoms with Crippen LogP contribution in [-0.4, -0.2) is 33.1 Å². The molecule has 0 amide bonds. The monoisotopic (exact) mass is 290 g/mol. The molecule has 1 aromatic heterocycles. The van der Waals surface area contributed by atoms with E-state index in [-0.39, 0.29) is 12.4 Å². The Morgan fingerprint density at radius 2 is 2.14 bits per heavy atom. The number of hydrogen-bond donors (Lipinski definition) is 0. The van der Waals surface area contributed by atoms with Gasteiger partial charge in [0.25, 0.3) is 0 Å². The van der Waals surface area contributed by atoms with Crippen LogP contribution in [0.5, 0.6) is 11.5 Å². The lowest BCUT2D eigenvalue weighted by Crippen LogP contribution is -2.09. The molecule has 0 saturated carbocycles. The third kappa shape index (κ3) is 3.56. The highest BCUT2D eigenvalue weighted by molar-refractivity contribution is 5.94. The van der Waals surface area contributed by atoms with Gasteiger partial charge in [0.2, 0.25) is 0 Å². The summed E-state index contributed by atoms with van der Waals surface area (Å²) < 4.78 is 12.6. The van der Waals surface area contributed by atoms with E-state index in [1.54, 1.807) is 22.9 Å². The lowest BCUT2D eigenvalue weighted by Gasteiger charge is -2.11. The number of aromatic nitrogens is 4. The molecule has 7 heteroatoms. The minimum absolute atomic E-state index is 0.0215. The van der Waals surface area contributed by atoms with Crippen LogP contribution in [0.3, 0.4) is 0 Å². The summed E-state index contributed by atoms with van der Waals surface area (Å²) >= 11 is 0. The molecule has 0 saturated heterocycles. The fourth-order valence-electron chi connectivity index (χ4n) is 1.86. The molecular formula is C14H18N4O3. The summed E-state index contributed by atoms with van der Waals surface area (Å²) in [5.41, 5.74) is 0.579. The van der Waals surface area contributed by atoms with Gasteiger partial charge in [0.15, 0.2) is 23.1 Å². The van der Waals surface area contributed by atoms with Crippen LogP contribution >= 0.6 is 0 Å². The summed E-state index contributed by atoms with van der Waals surface area (Å²) in [7, 11) is 1.53. The van der Waals surface area contributed by atoms with E-state index >= 15 is 0 Å². The zero-order valence-electron chi connectivity index (χ0n) is 12.4. The Bertz CT molecular complexity index is 624. The molecule has 1 heterocycles. The Kier molecular flexibility index (Phi) is 4.86. The molecule has 2 aromatic rings. The van der Waals surface area contributed by atoms with Crippen LogP contribution in [0.2, 0.25) is 0 Å². The predicted molar refractivity (Wildman–Crippen MR) is 75.4 cm³/mol. The van der Waals surface area contributed by atoms with Crippen LogP contribution in [0.4, 0.5) is 0 Å². The molecular weight excluding hydrogens is 272 g/mol. The van der Waals surface area contributed by atoms with Crippen molar-refractivity contribution >= 4 is 5.78 Å². The van der Waals surface area contributed by atoms with Crippen LogP contribution in [0, 0.1) is 0 Å². The van der Waals surface area contributed by atoms with E-state index in [1.165, 1.54) is 14.0 Å². The predicted octanol–water partition coefficient (Wildman–Crippen LogP) is 1.87. The van der Waals surface area contributed by atoms with Gasteiger partial charge in [-0.3, -0.25) is 4.79 Å². The first-order valence-electron chi connectivity index (χ1n) is 6.72. The van der Waals surface area contributed by atoms with Crippen LogP contribution in [0.15, 0.2) is 18.2 Å². The zero-order chi connectivity index (χ0) is 15.2. The molecule has 0 fully saturated rings. The van der Waals surface area contributed by atoms with Crippen LogP contribution in [-0.2, 0) is 13.2 Å². The van der Waals surface area contributed by atoms with Gasteiger partial charge < -0.3 is 9.47 Å². The van der Waals surface area contributed by atoms with E-state index in [2.05, 4.69) is 22.4 Å². The highest BCUT2D eigenvalue weighted by Gasteiger charge is 2.11. The molecule has 0 unspecified atom stereocenters. The second-order valence-electron chi connectivity index (χ2n) is 4.53. The molecule has 0 aliphatic rings. The normalized spacial score (nSPS) is 10.4. The number of aryl methyl sites for hydroxylation is 1. The van der Waals surface area contributed by atoms with Crippen molar-refractivity contribution in [2.75, 3.05) is 7.11 Å². The number of nitrogens with zero attached hydrogens (tertiary/aromatic N) is 4. The summed E-state index contributed by atoms with van der Waals surface area (Å²) in [4.78, 5) is 11.4. The Hall–Kier alpha value is -2.44. The molecule has 0 spiro atoms. The topological polar surface area (TPSA) is 79.1 Å². The number of ether oxygens (including phenoxy) is 2. The Morgan fingerprint density at radius 1 is 1.33 bits per heavy atom. The number of tetrazole rings is 1. The Balaban J connectivity index is 2.12. The minimum atomic E-state index is -0.0215. The maximum atomic E-state index is 11.4. The molecule has 21 heavy (non-hydrogen) atoms. The quantitative estimate of drug-likeness (QED) is 0.724. The smallest absolute Gasteiger partial charge is 0.189 e. The van der Waals surface area contributed by atoms with Crippen molar-refractivity contribution in [1.82, 2.24) is 20.2 Å². The van der Waals surface area contributed by atoms with E-state index in [1.807, 2.05) is 0 Å². The highest BCUT2D eigenvalue weighted by Crippen LogP contribution is 2.28. The van der Waals surface area contributed by atoms with Crippen molar-refractivity contribution in [2.24, 2.45) is 0 Å². The zero-order valence-corrected chi connectivity index (χ0v) is 12.4. The fourth-order valence-corrected chi connectivity index (χ4v) is 1.86. The largest absolute Gasteiger partial charge is 0.493 e. The Morgan fingerprint density at radius 3 is 2.81 bits per heavy atom. The van der Waals surface area contributed by atoms with Crippen LogP contribution in [0.25, 0.3) is 0 Å². The lowest BCUT2D eigenvalue weighted by molar-refractivity contribution is 0.101. The number of rotatable bonds is 7. The van der Waals surface area contributed by atoms with E-state index in [0.717, 1.165) is 13.0 Å². The molecule has 0 radical (unpaired) electrons. The minimum Gasteiger partial charge on any atom is -0.493 e. The lowest BCUT2D eigenvalue weighted by atomic mass is 10.1. The number of methoxy groups -OCH3 is 1. The van der Waals surface area contributed by atoms with Gasteiger partial charge in [0, 0.05) is 12.1 Å². The summed E-state index contributed by atoms with van der Waals surface area (Å²) in [5, 5.41) is 11.5. The average molecular weight is 290 g/mol.